The van der Waals surface area contributed by atoms with Gasteiger partial charge < -0.3 is 20.1 Å². The number of rotatable bonds is 6. The summed E-state index contributed by atoms with van der Waals surface area (Å²) in [5.74, 6) is 0.240. The Hall–Kier alpha value is -4.28. The number of carbonyl (C=O) groups excluding carboxylic acids is 3. The summed E-state index contributed by atoms with van der Waals surface area (Å²) in [5, 5.41) is 10.7. The zero-order valence-corrected chi connectivity index (χ0v) is 24.9. The Bertz CT molecular complexity index is 1450. The van der Waals surface area contributed by atoms with E-state index in [1.807, 2.05) is 51.1 Å². The van der Waals surface area contributed by atoms with Gasteiger partial charge in [0.2, 0.25) is 11.8 Å². The van der Waals surface area contributed by atoms with E-state index in [1.165, 1.54) is 10.6 Å². The van der Waals surface area contributed by atoms with Crippen LogP contribution in [0, 0.1) is 12.8 Å². The lowest BCUT2D eigenvalue weighted by atomic mass is 9.97. The Kier molecular flexibility index (Phi) is 10.3. The maximum atomic E-state index is 13.7. The fraction of sp³-hybridized carbons (Fsp3) is 0.484. The molecule has 1 aromatic carbocycles. The van der Waals surface area contributed by atoms with Crippen molar-refractivity contribution in [1.29, 1.82) is 0 Å². The number of aryl methyl sites for hydroxylation is 2. The molecule has 2 aromatic heterocycles. The molecule has 11 heteroatoms. The smallest absolute Gasteiger partial charge is 0.254 e. The average Bonchev–Trinajstić information content (AvgIpc) is 3.36. The number of hydrogen-bond donors (Lipinski definition) is 2. The van der Waals surface area contributed by atoms with Crippen molar-refractivity contribution >= 4 is 17.7 Å². The largest absolute Gasteiger partial charge is 0.344 e. The van der Waals surface area contributed by atoms with Crippen molar-refractivity contribution in [3.63, 3.8) is 0 Å². The van der Waals surface area contributed by atoms with Gasteiger partial charge in [0.25, 0.3) is 11.5 Å². The maximum absolute atomic E-state index is 13.7. The van der Waals surface area contributed by atoms with Crippen molar-refractivity contribution in [2.45, 2.75) is 78.6 Å². The highest BCUT2D eigenvalue weighted by atomic mass is 16.2. The first-order valence-corrected chi connectivity index (χ1v) is 14.7. The molecule has 2 N–H and O–H groups in total. The minimum absolute atomic E-state index is 0.0952. The SMILES string of the molecule is CC[C@H](C)[C@@H]1NC(=O)CCCN(C(=O)c2ccn(CC)c(=O)c2)CCn2nc(C)nc2[C@H](Cc2ccccc2)NC1=O. The van der Waals surface area contributed by atoms with Crippen LogP contribution in [-0.2, 0) is 29.1 Å². The van der Waals surface area contributed by atoms with Crippen LogP contribution in [0.15, 0.2) is 53.5 Å². The van der Waals surface area contributed by atoms with Crippen molar-refractivity contribution in [3.05, 3.63) is 81.8 Å². The molecule has 11 nitrogen and oxygen atoms in total. The summed E-state index contributed by atoms with van der Waals surface area (Å²) in [5.41, 5.74) is 1.07. The van der Waals surface area contributed by atoms with Gasteiger partial charge in [-0.25, -0.2) is 9.67 Å². The maximum Gasteiger partial charge on any atom is 0.254 e. The number of nitrogens with zero attached hydrogens (tertiary/aromatic N) is 5. The van der Waals surface area contributed by atoms with E-state index in [1.54, 1.807) is 28.8 Å². The Morgan fingerprint density at radius 3 is 2.50 bits per heavy atom. The Balaban J connectivity index is 1.70. The first kappa shape index (κ1) is 30.7. The number of nitrogens with one attached hydrogen (secondary N) is 2. The van der Waals surface area contributed by atoms with Gasteiger partial charge in [0.1, 0.15) is 17.7 Å². The van der Waals surface area contributed by atoms with Gasteiger partial charge in [-0.05, 0) is 44.2 Å². The molecule has 42 heavy (non-hydrogen) atoms. The highest BCUT2D eigenvalue weighted by Crippen LogP contribution is 2.20. The van der Waals surface area contributed by atoms with Crippen molar-refractivity contribution in [1.82, 2.24) is 34.9 Å². The molecule has 224 valence electrons. The monoisotopic (exact) mass is 575 g/mol. The molecule has 0 saturated carbocycles. The molecular weight excluding hydrogens is 534 g/mol. The summed E-state index contributed by atoms with van der Waals surface area (Å²) in [6.45, 7) is 9.03. The van der Waals surface area contributed by atoms with Crippen molar-refractivity contribution in [2.24, 2.45) is 5.92 Å². The molecule has 0 saturated heterocycles. The number of aromatic nitrogens is 4. The third-order valence-electron chi connectivity index (χ3n) is 7.81. The van der Waals surface area contributed by atoms with Crippen molar-refractivity contribution < 1.29 is 14.4 Å². The quantitative estimate of drug-likeness (QED) is 0.465. The minimum Gasteiger partial charge on any atom is -0.344 e. The third-order valence-corrected chi connectivity index (χ3v) is 7.81. The Morgan fingerprint density at radius 1 is 1.05 bits per heavy atom. The molecule has 3 heterocycles. The minimum atomic E-state index is -0.719. The lowest BCUT2D eigenvalue weighted by Gasteiger charge is -2.28. The summed E-state index contributed by atoms with van der Waals surface area (Å²) in [7, 11) is 0. The zero-order chi connectivity index (χ0) is 30.2. The molecule has 0 radical (unpaired) electrons. The second kappa shape index (κ2) is 14.1. The summed E-state index contributed by atoms with van der Waals surface area (Å²) < 4.78 is 3.28. The van der Waals surface area contributed by atoms with Crippen LogP contribution in [0.1, 0.15) is 73.6 Å². The summed E-state index contributed by atoms with van der Waals surface area (Å²) in [6.07, 6.45) is 3.36. The predicted octanol–water partition coefficient (Wildman–Crippen LogP) is 2.64. The fourth-order valence-corrected chi connectivity index (χ4v) is 5.21. The van der Waals surface area contributed by atoms with Crippen molar-refractivity contribution in [2.75, 3.05) is 13.1 Å². The van der Waals surface area contributed by atoms with Gasteiger partial charge >= 0.3 is 0 Å². The molecule has 1 aliphatic heterocycles. The predicted molar refractivity (Wildman–Crippen MR) is 159 cm³/mol. The molecule has 3 aromatic rings. The lowest BCUT2D eigenvalue weighted by molar-refractivity contribution is -0.130. The van der Waals surface area contributed by atoms with Crippen LogP contribution in [0.25, 0.3) is 0 Å². The van der Waals surface area contributed by atoms with E-state index in [0.29, 0.717) is 56.1 Å². The highest BCUT2D eigenvalue weighted by molar-refractivity contribution is 5.94. The number of amides is 3. The van der Waals surface area contributed by atoms with Crippen LogP contribution >= 0.6 is 0 Å². The molecule has 4 rings (SSSR count). The Labute approximate surface area is 246 Å². The van der Waals surface area contributed by atoms with Gasteiger partial charge in [-0.3, -0.25) is 19.2 Å². The topological polar surface area (TPSA) is 131 Å². The molecule has 0 aliphatic carbocycles. The van der Waals surface area contributed by atoms with E-state index in [0.717, 1.165) is 5.56 Å². The molecule has 0 bridgehead atoms. The van der Waals surface area contributed by atoms with E-state index in [9.17, 15) is 19.2 Å². The molecule has 3 atom stereocenters. The normalized spacial score (nSPS) is 19.3. The molecule has 1 aliphatic rings. The first-order chi connectivity index (χ1) is 20.2. The first-order valence-electron chi connectivity index (χ1n) is 14.7. The van der Waals surface area contributed by atoms with Crippen LogP contribution in [0.4, 0.5) is 0 Å². The molecular formula is C31H41N7O4. The van der Waals surface area contributed by atoms with Crippen LogP contribution < -0.4 is 16.2 Å². The zero-order valence-electron chi connectivity index (χ0n) is 24.9. The van der Waals surface area contributed by atoms with Crippen LogP contribution in [0.3, 0.4) is 0 Å². The van der Waals surface area contributed by atoms with Gasteiger partial charge in [0, 0.05) is 43.9 Å². The standard InChI is InChI=1S/C31H41N7O4/c1-5-21(3)28-30(41)33-25(19-23-11-8-7-9-12-23)29-32-22(4)35-38(29)18-17-37(15-10-13-26(39)34-28)31(42)24-14-16-36(6-2)27(40)20-24/h7-9,11-12,14,16,20-21,25,28H,5-6,10,13,15,17-19H2,1-4H3,(H,33,41)(H,34,39)/t21-,25-,28-/m0/s1. The third kappa shape index (κ3) is 7.51. The second-order valence-electron chi connectivity index (χ2n) is 10.9. The van der Waals surface area contributed by atoms with Crippen LogP contribution in [0.5, 0.6) is 0 Å². The molecule has 0 spiro atoms. The number of pyridine rings is 1. The summed E-state index contributed by atoms with van der Waals surface area (Å²) in [4.78, 5) is 59.1. The van der Waals surface area contributed by atoms with E-state index >= 15 is 0 Å². The number of fused-ring (bicyclic) bond motifs is 1. The van der Waals surface area contributed by atoms with E-state index in [2.05, 4.69) is 15.7 Å². The van der Waals surface area contributed by atoms with Crippen LogP contribution in [0.2, 0.25) is 0 Å². The summed E-state index contributed by atoms with van der Waals surface area (Å²) in [6, 6.07) is 11.6. The molecule has 0 unspecified atom stereocenters. The lowest BCUT2D eigenvalue weighted by Crippen LogP contribution is -2.51. The average molecular weight is 576 g/mol. The fourth-order valence-electron chi connectivity index (χ4n) is 5.21. The second-order valence-corrected chi connectivity index (χ2v) is 10.9. The Morgan fingerprint density at radius 2 is 1.81 bits per heavy atom. The number of benzene rings is 1. The highest BCUT2D eigenvalue weighted by Gasteiger charge is 2.31. The van der Waals surface area contributed by atoms with Crippen molar-refractivity contribution in [3.8, 4) is 0 Å². The van der Waals surface area contributed by atoms with Gasteiger partial charge in [-0.15, -0.1) is 0 Å². The van der Waals surface area contributed by atoms with Gasteiger partial charge in [-0.1, -0.05) is 50.6 Å². The molecule has 0 fully saturated rings. The number of hydrogen-bond acceptors (Lipinski definition) is 6. The molecule has 3 amide bonds. The number of carbonyl (C=O) groups is 3. The van der Waals surface area contributed by atoms with Gasteiger partial charge in [0.15, 0.2) is 0 Å². The van der Waals surface area contributed by atoms with E-state index in [4.69, 9.17) is 4.98 Å². The van der Waals surface area contributed by atoms with Gasteiger partial charge in [-0.2, -0.15) is 5.10 Å². The van der Waals surface area contributed by atoms with E-state index < -0.39 is 12.1 Å². The van der Waals surface area contributed by atoms with Crippen LogP contribution in [-0.4, -0.2) is 61.1 Å². The summed E-state index contributed by atoms with van der Waals surface area (Å²) >= 11 is 0. The van der Waals surface area contributed by atoms with Gasteiger partial charge in [0.05, 0.1) is 12.6 Å². The van der Waals surface area contributed by atoms with E-state index in [-0.39, 0.29) is 42.2 Å².